The summed E-state index contributed by atoms with van der Waals surface area (Å²) in [5.41, 5.74) is 0. The summed E-state index contributed by atoms with van der Waals surface area (Å²) in [6, 6.07) is 4.86. The van der Waals surface area contributed by atoms with E-state index in [4.69, 9.17) is 0 Å². The molecule has 1 aromatic rings. The molecule has 1 fully saturated rings. The molecule has 4 heteroatoms. The zero-order chi connectivity index (χ0) is 10.5. The third kappa shape index (κ3) is 3.48. The summed E-state index contributed by atoms with van der Waals surface area (Å²) < 4.78 is 0. The molecule has 1 aliphatic heterocycles. The first kappa shape index (κ1) is 10.9. The van der Waals surface area contributed by atoms with Crippen molar-refractivity contribution >= 4 is 16.3 Å². The van der Waals surface area contributed by atoms with Crippen molar-refractivity contribution in [1.82, 2.24) is 10.2 Å². The van der Waals surface area contributed by atoms with Gasteiger partial charge >= 0.3 is 0 Å². The Labute approximate surface area is 95.5 Å². The molecule has 0 radical (unpaired) electrons. The van der Waals surface area contributed by atoms with Gasteiger partial charge < -0.3 is 15.5 Å². The third-order valence-electron chi connectivity index (χ3n) is 2.77. The molecule has 1 aromatic heterocycles. The van der Waals surface area contributed by atoms with Gasteiger partial charge in [-0.25, -0.2) is 0 Å². The smallest absolute Gasteiger partial charge is 0.0882 e. The van der Waals surface area contributed by atoms with Crippen LogP contribution in [0.2, 0.25) is 0 Å². The summed E-state index contributed by atoms with van der Waals surface area (Å²) in [5.74, 6) is 0. The van der Waals surface area contributed by atoms with Crippen LogP contribution in [0.25, 0.3) is 0 Å². The highest BCUT2D eigenvalue weighted by molar-refractivity contribution is 7.14. The van der Waals surface area contributed by atoms with E-state index in [0.29, 0.717) is 6.04 Å². The molecule has 0 saturated carbocycles. The van der Waals surface area contributed by atoms with Gasteiger partial charge in [0.05, 0.1) is 5.00 Å². The predicted molar refractivity (Wildman–Crippen MR) is 66.7 cm³/mol. The van der Waals surface area contributed by atoms with Crippen molar-refractivity contribution in [3.05, 3.63) is 17.5 Å². The van der Waals surface area contributed by atoms with Gasteiger partial charge in [0.15, 0.2) is 0 Å². The third-order valence-corrected chi connectivity index (χ3v) is 3.60. The molecule has 3 nitrogen and oxygen atoms in total. The minimum Gasteiger partial charge on any atom is -0.377 e. The fourth-order valence-corrected chi connectivity index (χ4v) is 2.58. The highest BCUT2D eigenvalue weighted by Crippen LogP contribution is 2.14. The Morgan fingerprint density at radius 2 is 2.60 bits per heavy atom. The Kier molecular flexibility index (Phi) is 4.00. The largest absolute Gasteiger partial charge is 0.377 e. The lowest BCUT2D eigenvalue weighted by Gasteiger charge is -2.30. The molecule has 15 heavy (non-hydrogen) atoms. The number of thiophene rings is 1. The monoisotopic (exact) mass is 225 g/mol. The first-order chi connectivity index (χ1) is 7.34. The molecular weight excluding hydrogens is 206 g/mol. The Balaban J connectivity index is 1.65. The molecule has 0 aromatic carbocycles. The van der Waals surface area contributed by atoms with Gasteiger partial charge in [-0.05, 0) is 31.0 Å². The number of nitrogens with zero attached hydrogens (tertiary/aromatic N) is 1. The predicted octanol–water partition coefficient (Wildman–Crippen LogP) is 1.45. The fourth-order valence-electron chi connectivity index (χ4n) is 1.93. The van der Waals surface area contributed by atoms with Crippen LogP contribution in [0.4, 0.5) is 5.00 Å². The van der Waals surface area contributed by atoms with Crippen LogP contribution in [0.5, 0.6) is 0 Å². The summed E-state index contributed by atoms with van der Waals surface area (Å²) in [5, 5.41) is 10.4. The van der Waals surface area contributed by atoms with Crippen LogP contribution in [-0.2, 0) is 0 Å². The van der Waals surface area contributed by atoms with Gasteiger partial charge in [-0.15, -0.1) is 11.3 Å². The summed E-state index contributed by atoms with van der Waals surface area (Å²) >= 11 is 1.77. The highest BCUT2D eigenvalue weighted by atomic mass is 32.1. The highest BCUT2D eigenvalue weighted by Gasteiger charge is 2.15. The lowest BCUT2D eigenvalue weighted by Crippen LogP contribution is -2.49. The van der Waals surface area contributed by atoms with Gasteiger partial charge in [-0.1, -0.05) is 0 Å². The molecule has 2 rings (SSSR count). The summed E-state index contributed by atoms with van der Waals surface area (Å²) in [6.45, 7) is 4.53. The van der Waals surface area contributed by atoms with Crippen LogP contribution < -0.4 is 10.6 Å². The summed E-state index contributed by atoms with van der Waals surface area (Å²) in [6.07, 6.45) is 1.20. The summed E-state index contributed by atoms with van der Waals surface area (Å²) in [7, 11) is 2.19. The average molecular weight is 225 g/mol. The van der Waals surface area contributed by atoms with Crippen LogP contribution in [0.15, 0.2) is 17.5 Å². The van der Waals surface area contributed by atoms with E-state index in [1.165, 1.54) is 24.5 Å². The van der Waals surface area contributed by atoms with E-state index in [0.717, 1.165) is 13.1 Å². The van der Waals surface area contributed by atoms with Crippen LogP contribution in [0.1, 0.15) is 6.42 Å². The summed E-state index contributed by atoms with van der Waals surface area (Å²) in [4.78, 5) is 2.40. The van der Waals surface area contributed by atoms with E-state index in [2.05, 4.69) is 40.1 Å². The average Bonchev–Trinajstić information content (AvgIpc) is 2.71. The Hall–Kier alpha value is -0.580. The van der Waals surface area contributed by atoms with E-state index in [1.54, 1.807) is 11.3 Å². The van der Waals surface area contributed by atoms with Crippen molar-refractivity contribution in [2.75, 3.05) is 38.5 Å². The number of rotatable bonds is 4. The van der Waals surface area contributed by atoms with E-state index >= 15 is 0 Å². The van der Waals surface area contributed by atoms with E-state index < -0.39 is 0 Å². The number of likely N-dealkylation sites (N-methyl/N-ethyl adjacent to an activating group) is 1. The van der Waals surface area contributed by atoms with Crippen LogP contribution >= 0.6 is 11.3 Å². The van der Waals surface area contributed by atoms with Crippen molar-refractivity contribution in [2.24, 2.45) is 0 Å². The van der Waals surface area contributed by atoms with Gasteiger partial charge in [0.25, 0.3) is 0 Å². The Bertz CT molecular complexity index is 273. The lowest BCUT2D eigenvalue weighted by molar-refractivity contribution is 0.234. The first-order valence-corrected chi connectivity index (χ1v) is 6.42. The Morgan fingerprint density at radius 3 is 3.33 bits per heavy atom. The normalized spacial score (nSPS) is 22.9. The number of anilines is 1. The molecule has 1 saturated heterocycles. The second kappa shape index (κ2) is 5.49. The fraction of sp³-hybridized carbons (Fsp3) is 0.636. The van der Waals surface area contributed by atoms with Crippen molar-refractivity contribution in [3.63, 3.8) is 0 Å². The van der Waals surface area contributed by atoms with E-state index in [1.807, 2.05) is 0 Å². The molecule has 84 valence electrons. The maximum atomic E-state index is 3.55. The molecule has 0 bridgehead atoms. The molecule has 2 heterocycles. The van der Waals surface area contributed by atoms with Gasteiger partial charge in [-0.2, -0.15) is 0 Å². The quantitative estimate of drug-likeness (QED) is 0.812. The van der Waals surface area contributed by atoms with E-state index in [-0.39, 0.29) is 0 Å². The molecule has 0 aliphatic carbocycles. The minimum absolute atomic E-state index is 0.649. The van der Waals surface area contributed by atoms with Crippen LogP contribution in [0.3, 0.4) is 0 Å². The number of piperazine rings is 1. The van der Waals surface area contributed by atoms with Gasteiger partial charge in [0, 0.05) is 32.2 Å². The molecule has 0 spiro atoms. The maximum absolute atomic E-state index is 3.55. The first-order valence-electron chi connectivity index (χ1n) is 5.54. The second-order valence-electron chi connectivity index (χ2n) is 4.11. The number of hydrogen-bond acceptors (Lipinski definition) is 4. The standard InChI is InChI=1S/C11H19N3S/c1-14-7-6-12-10(9-14)4-5-13-11-3-2-8-15-11/h2-3,8,10,12-13H,4-7,9H2,1H3. The zero-order valence-corrected chi connectivity index (χ0v) is 10.0. The zero-order valence-electron chi connectivity index (χ0n) is 9.20. The van der Waals surface area contributed by atoms with Crippen molar-refractivity contribution in [1.29, 1.82) is 0 Å². The van der Waals surface area contributed by atoms with Gasteiger partial charge in [-0.3, -0.25) is 0 Å². The van der Waals surface area contributed by atoms with Crippen molar-refractivity contribution < 1.29 is 0 Å². The molecule has 2 N–H and O–H groups in total. The second-order valence-corrected chi connectivity index (χ2v) is 5.05. The number of hydrogen-bond donors (Lipinski definition) is 2. The molecule has 1 aliphatic rings. The van der Waals surface area contributed by atoms with Gasteiger partial charge in [0.2, 0.25) is 0 Å². The lowest BCUT2D eigenvalue weighted by atomic mass is 10.1. The van der Waals surface area contributed by atoms with Crippen molar-refractivity contribution in [2.45, 2.75) is 12.5 Å². The molecule has 0 amide bonds. The van der Waals surface area contributed by atoms with Gasteiger partial charge in [0.1, 0.15) is 0 Å². The number of nitrogens with one attached hydrogen (secondary N) is 2. The van der Waals surface area contributed by atoms with Crippen molar-refractivity contribution in [3.8, 4) is 0 Å². The SMILES string of the molecule is CN1CCNC(CCNc2cccs2)C1. The van der Waals surface area contributed by atoms with Crippen LogP contribution in [0, 0.1) is 0 Å². The molecule has 1 atom stereocenters. The van der Waals surface area contributed by atoms with E-state index in [9.17, 15) is 0 Å². The minimum atomic E-state index is 0.649. The molecule has 1 unspecified atom stereocenters. The van der Waals surface area contributed by atoms with Crippen LogP contribution in [-0.4, -0.2) is 44.2 Å². The topological polar surface area (TPSA) is 27.3 Å². The maximum Gasteiger partial charge on any atom is 0.0882 e. The Morgan fingerprint density at radius 1 is 1.67 bits per heavy atom. The molecular formula is C11H19N3S.